The first-order valence-electron chi connectivity index (χ1n) is 4.53. The Morgan fingerprint density at radius 3 is 3.00 bits per heavy atom. The molecule has 0 bridgehead atoms. The van der Waals surface area contributed by atoms with E-state index < -0.39 is 0 Å². The van der Waals surface area contributed by atoms with Gasteiger partial charge in [-0.2, -0.15) is 5.10 Å². The summed E-state index contributed by atoms with van der Waals surface area (Å²) in [5.41, 5.74) is 2.12. The van der Waals surface area contributed by atoms with Crippen LogP contribution >= 0.6 is 11.6 Å². The smallest absolute Gasteiger partial charge is 0.132 e. The quantitative estimate of drug-likeness (QED) is 0.798. The number of aromatic nitrogens is 2. The van der Waals surface area contributed by atoms with Gasteiger partial charge in [0.15, 0.2) is 0 Å². The Kier molecular flexibility index (Phi) is 2.44. The normalized spacial score (nSPS) is 13.4. The van der Waals surface area contributed by atoms with Crippen LogP contribution in [0.2, 0.25) is 5.15 Å². The lowest BCUT2D eigenvalue weighted by Crippen LogP contribution is -2.11. The maximum Gasteiger partial charge on any atom is 0.132 e. The van der Waals surface area contributed by atoms with Gasteiger partial charge in [-0.1, -0.05) is 17.7 Å². The highest BCUT2D eigenvalue weighted by atomic mass is 35.5. The van der Waals surface area contributed by atoms with Crippen molar-refractivity contribution in [1.29, 1.82) is 0 Å². The van der Waals surface area contributed by atoms with Crippen molar-refractivity contribution in [3.8, 4) is 0 Å². The Hall–Kier alpha value is -1.06. The van der Waals surface area contributed by atoms with E-state index in [4.69, 9.17) is 11.6 Å². The SMILES string of the molecule is CNC(C)c1ccc2n[nH]c(Cl)c2c1. The molecule has 0 saturated heterocycles. The highest BCUT2D eigenvalue weighted by molar-refractivity contribution is 6.34. The Labute approximate surface area is 87.5 Å². The molecule has 3 nitrogen and oxygen atoms in total. The summed E-state index contributed by atoms with van der Waals surface area (Å²) in [4.78, 5) is 0. The number of hydrogen-bond donors (Lipinski definition) is 2. The summed E-state index contributed by atoms with van der Waals surface area (Å²) >= 11 is 5.95. The van der Waals surface area contributed by atoms with Gasteiger partial charge in [0.1, 0.15) is 5.15 Å². The van der Waals surface area contributed by atoms with E-state index in [0.717, 1.165) is 10.9 Å². The molecule has 1 unspecified atom stereocenters. The Morgan fingerprint density at radius 2 is 2.29 bits per heavy atom. The predicted octanol–water partition coefficient (Wildman–Crippen LogP) is 2.50. The number of hydrogen-bond acceptors (Lipinski definition) is 2. The van der Waals surface area contributed by atoms with Crippen molar-refractivity contribution in [2.45, 2.75) is 13.0 Å². The van der Waals surface area contributed by atoms with E-state index in [1.807, 2.05) is 13.1 Å². The van der Waals surface area contributed by atoms with Crippen LogP contribution in [0.15, 0.2) is 18.2 Å². The van der Waals surface area contributed by atoms with E-state index >= 15 is 0 Å². The third kappa shape index (κ3) is 1.49. The number of nitrogens with one attached hydrogen (secondary N) is 2. The molecule has 0 aliphatic rings. The number of benzene rings is 1. The van der Waals surface area contributed by atoms with Crippen molar-refractivity contribution in [1.82, 2.24) is 15.5 Å². The number of aromatic amines is 1. The highest BCUT2D eigenvalue weighted by Gasteiger charge is 2.07. The highest BCUT2D eigenvalue weighted by Crippen LogP contribution is 2.23. The van der Waals surface area contributed by atoms with Gasteiger partial charge in [-0.05, 0) is 31.7 Å². The molecule has 0 amide bonds. The van der Waals surface area contributed by atoms with Crippen LogP contribution in [0.1, 0.15) is 18.5 Å². The van der Waals surface area contributed by atoms with Gasteiger partial charge in [0.2, 0.25) is 0 Å². The van der Waals surface area contributed by atoms with E-state index in [1.54, 1.807) is 0 Å². The Bertz CT molecular complexity index is 450. The first-order valence-corrected chi connectivity index (χ1v) is 4.91. The second-order valence-corrected chi connectivity index (χ2v) is 3.70. The molecule has 0 aliphatic heterocycles. The Morgan fingerprint density at radius 1 is 1.50 bits per heavy atom. The molecule has 2 N–H and O–H groups in total. The molecule has 1 atom stereocenters. The molecule has 2 aromatic rings. The number of rotatable bonds is 2. The third-order valence-electron chi connectivity index (χ3n) is 2.46. The molecule has 14 heavy (non-hydrogen) atoms. The van der Waals surface area contributed by atoms with Crippen molar-refractivity contribution in [3.05, 3.63) is 28.9 Å². The first kappa shape index (κ1) is 9.49. The lowest BCUT2D eigenvalue weighted by atomic mass is 10.1. The van der Waals surface area contributed by atoms with Gasteiger partial charge in [-0.3, -0.25) is 5.10 Å². The minimum Gasteiger partial charge on any atom is -0.313 e. The van der Waals surface area contributed by atoms with Gasteiger partial charge >= 0.3 is 0 Å². The number of fused-ring (bicyclic) bond motifs is 1. The third-order valence-corrected chi connectivity index (χ3v) is 2.75. The van der Waals surface area contributed by atoms with Crippen molar-refractivity contribution in [3.63, 3.8) is 0 Å². The maximum absolute atomic E-state index is 5.95. The molecule has 0 spiro atoms. The van der Waals surface area contributed by atoms with Crippen molar-refractivity contribution >= 4 is 22.5 Å². The van der Waals surface area contributed by atoms with E-state index in [2.05, 4.69) is 34.6 Å². The monoisotopic (exact) mass is 209 g/mol. The number of H-pyrrole nitrogens is 1. The van der Waals surface area contributed by atoms with Crippen LogP contribution in [0.4, 0.5) is 0 Å². The average Bonchev–Trinajstić information content (AvgIpc) is 2.59. The largest absolute Gasteiger partial charge is 0.313 e. The first-order chi connectivity index (χ1) is 6.72. The van der Waals surface area contributed by atoms with Crippen LogP contribution in [0.5, 0.6) is 0 Å². The molecule has 0 aliphatic carbocycles. The summed E-state index contributed by atoms with van der Waals surface area (Å²) in [6.07, 6.45) is 0. The van der Waals surface area contributed by atoms with E-state index in [-0.39, 0.29) is 0 Å². The molecule has 2 rings (SSSR count). The van der Waals surface area contributed by atoms with Crippen molar-refractivity contribution in [2.24, 2.45) is 0 Å². The van der Waals surface area contributed by atoms with Crippen LogP contribution in [0.25, 0.3) is 10.9 Å². The molecule has 1 heterocycles. The second-order valence-electron chi connectivity index (χ2n) is 3.32. The molecule has 1 aromatic carbocycles. The molecule has 0 radical (unpaired) electrons. The van der Waals surface area contributed by atoms with E-state index in [9.17, 15) is 0 Å². The van der Waals surface area contributed by atoms with Gasteiger partial charge in [0, 0.05) is 11.4 Å². The maximum atomic E-state index is 5.95. The minimum atomic E-state index is 0.324. The molecule has 0 saturated carbocycles. The van der Waals surface area contributed by atoms with Crippen LogP contribution in [0.3, 0.4) is 0 Å². The van der Waals surface area contributed by atoms with Gasteiger partial charge in [0.25, 0.3) is 0 Å². The fraction of sp³-hybridized carbons (Fsp3) is 0.300. The Balaban J connectivity index is 2.54. The zero-order chi connectivity index (χ0) is 10.1. The molecule has 0 fully saturated rings. The zero-order valence-electron chi connectivity index (χ0n) is 8.13. The summed E-state index contributed by atoms with van der Waals surface area (Å²) in [5, 5.41) is 11.6. The van der Waals surface area contributed by atoms with Gasteiger partial charge in [-0.15, -0.1) is 0 Å². The van der Waals surface area contributed by atoms with Gasteiger partial charge in [0.05, 0.1) is 5.52 Å². The van der Waals surface area contributed by atoms with Crippen LogP contribution < -0.4 is 5.32 Å². The van der Waals surface area contributed by atoms with Crippen LogP contribution in [-0.2, 0) is 0 Å². The van der Waals surface area contributed by atoms with Crippen molar-refractivity contribution in [2.75, 3.05) is 7.05 Å². The summed E-state index contributed by atoms with van der Waals surface area (Å²) in [6.45, 7) is 2.11. The minimum absolute atomic E-state index is 0.324. The predicted molar refractivity (Wildman–Crippen MR) is 58.6 cm³/mol. The topological polar surface area (TPSA) is 40.7 Å². The molecule has 74 valence electrons. The fourth-order valence-electron chi connectivity index (χ4n) is 1.43. The summed E-state index contributed by atoms with van der Waals surface area (Å²) in [7, 11) is 1.94. The lowest BCUT2D eigenvalue weighted by molar-refractivity contribution is 0.653. The second kappa shape index (κ2) is 3.59. The molecular weight excluding hydrogens is 198 g/mol. The van der Waals surface area contributed by atoms with Crippen LogP contribution in [0, 0.1) is 0 Å². The molecule has 1 aromatic heterocycles. The zero-order valence-corrected chi connectivity index (χ0v) is 8.89. The summed E-state index contributed by atoms with van der Waals surface area (Å²) in [5.74, 6) is 0. The summed E-state index contributed by atoms with van der Waals surface area (Å²) in [6, 6.07) is 6.41. The molecule has 4 heteroatoms. The average molecular weight is 210 g/mol. The standard InChI is InChI=1S/C10H12ClN3/c1-6(12-2)7-3-4-9-8(5-7)10(11)14-13-9/h3-6,12H,1-2H3,(H,13,14). The number of halogens is 1. The van der Waals surface area contributed by atoms with E-state index in [0.29, 0.717) is 11.2 Å². The summed E-state index contributed by atoms with van der Waals surface area (Å²) < 4.78 is 0. The van der Waals surface area contributed by atoms with Crippen LogP contribution in [-0.4, -0.2) is 17.2 Å². The lowest BCUT2D eigenvalue weighted by Gasteiger charge is -2.09. The van der Waals surface area contributed by atoms with Crippen molar-refractivity contribution < 1.29 is 0 Å². The fourth-order valence-corrected chi connectivity index (χ4v) is 1.63. The van der Waals surface area contributed by atoms with E-state index in [1.165, 1.54) is 5.56 Å². The van der Waals surface area contributed by atoms with Gasteiger partial charge in [-0.25, -0.2) is 0 Å². The van der Waals surface area contributed by atoms with Gasteiger partial charge < -0.3 is 5.32 Å². The molecular formula is C10H12ClN3. The number of nitrogens with zero attached hydrogens (tertiary/aromatic N) is 1.